The van der Waals surface area contributed by atoms with Gasteiger partial charge in [-0.15, -0.1) is 0 Å². The van der Waals surface area contributed by atoms with Gasteiger partial charge in [-0.25, -0.2) is 5.01 Å². The van der Waals surface area contributed by atoms with Gasteiger partial charge in [-0.05, 0) is 42.8 Å². The van der Waals surface area contributed by atoms with Crippen LogP contribution in [0.25, 0.3) is 10.8 Å². The van der Waals surface area contributed by atoms with Crippen LogP contribution in [0, 0.1) is 13.8 Å². The van der Waals surface area contributed by atoms with E-state index in [2.05, 4.69) is 0 Å². The van der Waals surface area contributed by atoms with E-state index < -0.39 is 5.97 Å². The minimum absolute atomic E-state index is 0.158. The number of fused-ring (bicyclic) bond motifs is 1. The number of hydrogen-bond donors (Lipinski definition) is 0. The second-order valence-corrected chi connectivity index (χ2v) is 5.89. The summed E-state index contributed by atoms with van der Waals surface area (Å²) in [6.45, 7) is 3.64. The Morgan fingerprint density at radius 1 is 0.960 bits per heavy atom. The number of benzene rings is 2. The summed E-state index contributed by atoms with van der Waals surface area (Å²) in [6, 6.07) is 17.1. The second kappa shape index (κ2) is 6.81. The number of rotatable bonds is 4. The lowest BCUT2D eigenvalue weighted by atomic mass is 10.0. The molecule has 0 aliphatic carbocycles. The summed E-state index contributed by atoms with van der Waals surface area (Å²) in [5.74, 6) is -0.717. The van der Waals surface area contributed by atoms with E-state index in [9.17, 15) is 9.59 Å². The standard InChI is InChI=1S/C20H20N2O3/c1-14-11-12-15(2)22(14)21(13-19(23)25-3)20(24)18-10-6-8-16-7-4-5-9-17(16)18/h4-12H,13H2,1-3H3. The van der Waals surface area contributed by atoms with E-state index in [0.717, 1.165) is 22.2 Å². The Balaban J connectivity index is 2.12. The predicted molar refractivity (Wildman–Crippen MR) is 97.3 cm³/mol. The highest BCUT2D eigenvalue weighted by Crippen LogP contribution is 2.21. The fourth-order valence-corrected chi connectivity index (χ4v) is 3.01. The molecular formula is C20H20N2O3. The molecule has 0 radical (unpaired) electrons. The third kappa shape index (κ3) is 3.13. The van der Waals surface area contributed by atoms with Crippen molar-refractivity contribution in [2.45, 2.75) is 13.8 Å². The maximum absolute atomic E-state index is 13.3. The molecule has 0 unspecified atom stereocenters. The third-order valence-electron chi connectivity index (χ3n) is 4.24. The fraction of sp³-hybridized carbons (Fsp3) is 0.200. The highest BCUT2D eigenvalue weighted by molar-refractivity contribution is 6.12. The van der Waals surface area contributed by atoms with Gasteiger partial charge in [-0.3, -0.25) is 14.3 Å². The van der Waals surface area contributed by atoms with Crippen molar-refractivity contribution >= 4 is 22.6 Å². The van der Waals surface area contributed by atoms with Crippen molar-refractivity contribution in [3.63, 3.8) is 0 Å². The van der Waals surface area contributed by atoms with Crippen LogP contribution in [0.3, 0.4) is 0 Å². The number of ether oxygens (including phenoxy) is 1. The van der Waals surface area contributed by atoms with Crippen molar-refractivity contribution in [2.75, 3.05) is 18.7 Å². The van der Waals surface area contributed by atoms with Crippen molar-refractivity contribution in [3.05, 3.63) is 71.5 Å². The van der Waals surface area contributed by atoms with Crippen LogP contribution < -0.4 is 5.01 Å². The Labute approximate surface area is 146 Å². The molecule has 5 nitrogen and oxygen atoms in total. The number of hydrogen-bond acceptors (Lipinski definition) is 3. The summed E-state index contributed by atoms with van der Waals surface area (Å²) in [5, 5.41) is 3.26. The first-order valence-electron chi connectivity index (χ1n) is 8.04. The maximum Gasteiger partial charge on any atom is 0.327 e. The largest absolute Gasteiger partial charge is 0.468 e. The summed E-state index contributed by atoms with van der Waals surface area (Å²) in [6.07, 6.45) is 0. The summed E-state index contributed by atoms with van der Waals surface area (Å²) < 4.78 is 6.54. The monoisotopic (exact) mass is 336 g/mol. The van der Waals surface area contributed by atoms with Crippen molar-refractivity contribution in [1.82, 2.24) is 4.68 Å². The molecule has 0 saturated carbocycles. The Morgan fingerprint density at radius 3 is 2.28 bits per heavy atom. The van der Waals surface area contributed by atoms with E-state index in [4.69, 9.17) is 4.74 Å². The molecule has 0 atom stereocenters. The maximum atomic E-state index is 13.3. The molecule has 0 fully saturated rings. The first-order valence-corrected chi connectivity index (χ1v) is 8.04. The van der Waals surface area contributed by atoms with Gasteiger partial charge in [0.25, 0.3) is 5.91 Å². The Morgan fingerprint density at radius 2 is 1.60 bits per heavy atom. The molecule has 2 aromatic carbocycles. The van der Waals surface area contributed by atoms with Crippen LogP contribution in [0.4, 0.5) is 0 Å². The van der Waals surface area contributed by atoms with Crippen LogP contribution in [-0.4, -0.2) is 30.2 Å². The van der Waals surface area contributed by atoms with Crippen molar-refractivity contribution < 1.29 is 14.3 Å². The van der Waals surface area contributed by atoms with E-state index in [1.807, 2.05) is 62.4 Å². The van der Waals surface area contributed by atoms with Gasteiger partial charge < -0.3 is 4.74 Å². The second-order valence-electron chi connectivity index (χ2n) is 5.89. The number of methoxy groups -OCH3 is 1. The minimum atomic E-state index is -0.471. The molecule has 25 heavy (non-hydrogen) atoms. The van der Waals surface area contributed by atoms with Gasteiger partial charge in [0.15, 0.2) is 0 Å². The van der Waals surface area contributed by atoms with Gasteiger partial charge in [-0.1, -0.05) is 36.4 Å². The van der Waals surface area contributed by atoms with Crippen LogP contribution in [0.5, 0.6) is 0 Å². The van der Waals surface area contributed by atoms with Crippen molar-refractivity contribution in [2.24, 2.45) is 0 Å². The molecule has 5 heteroatoms. The van der Waals surface area contributed by atoms with Gasteiger partial charge in [0, 0.05) is 17.0 Å². The molecule has 0 aliphatic heterocycles. The molecule has 0 saturated heterocycles. The predicted octanol–water partition coefficient (Wildman–Crippen LogP) is 3.21. The first kappa shape index (κ1) is 16.8. The Kier molecular flexibility index (Phi) is 4.57. The number of amides is 1. The number of nitrogens with zero attached hydrogens (tertiary/aromatic N) is 2. The van der Waals surface area contributed by atoms with Crippen molar-refractivity contribution in [1.29, 1.82) is 0 Å². The molecule has 3 rings (SSSR count). The molecule has 0 aliphatic rings. The zero-order valence-electron chi connectivity index (χ0n) is 14.5. The van der Waals surface area contributed by atoms with Crippen LogP contribution in [0.2, 0.25) is 0 Å². The average molecular weight is 336 g/mol. The lowest BCUT2D eigenvalue weighted by molar-refractivity contribution is -0.139. The van der Waals surface area contributed by atoms with E-state index in [0.29, 0.717) is 5.56 Å². The summed E-state index contributed by atoms with van der Waals surface area (Å²) >= 11 is 0. The zero-order valence-corrected chi connectivity index (χ0v) is 14.5. The van der Waals surface area contributed by atoms with Crippen LogP contribution in [-0.2, 0) is 9.53 Å². The minimum Gasteiger partial charge on any atom is -0.468 e. The summed E-state index contributed by atoms with van der Waals surface area (Å²) in [7, 11) is 1.32. The van der Waals surface area contributed by atoms with Crippen LogP contribution in [0.15, 0.2) is 54.6 Å². The van der Waals surface area contributed by atoms with E-state index in [1.165, 1.54) is 12.1 Å². The molecule has 128 valence electrons. The van der Waals surface area contributed by atoms with E-state index in [-0.39, 0.29) is 12.5 Å². The topological polar surface area (TPSA) is 51.5 Å². The molecule has 3 aromatic rings. The molecular weight excluding hydrogens is 316 g/mol. The molecule has 1 amide bonds. The molecule has 1 heterocycles. The SMILES string of the molecule is COC(=O)CN(C(=O)c1cccc2ccccc12)n1c(C)ccc1C. The van der Waals surface area contributed by atoms with Crippen LogP contribution >= 0.6 is 0 Å². The van der Waals surface area contributed by atoms with Crippen molar-refractivity contribution in [3.8, 4) is 0 Å². The molecule has 0 bridgehead atoms. The van der Waals surface area contributed by atoms with E-state index >= 15 is 0 Å². The quantitative estimate of drug-likeness (QED) is 0.688. The third-order valence-corrected chi connectivity index (χ3v) is 4.24. The fourth-order valence-electron chi connectivity index (χ4n) is 3.01. The lowest BCUT2D eigenvalue weighted by Gasteiger charge is -2.26. The smallest absolute Gasteiger partial charge is 0.327 e. The van der Waals surface area contributed by atoms with Gasteiger partial charge in [0.05, 0.1) is 7.11 Å². The van der Waals surface area contributed by atoms with Gasteiger partial charge in [0.1, 0.15) is 6.54 Å². The number of aryl methyl sites for hydroxylation is 2. The van der Waals surface area contributed by atoms with Gasteiger partial charge >= 0.3 is 5.97 Å². The first-order chi connectivity index (χ1) is 12.0. The summed E-state index contributed by atoms with van der Waals surface area (Å²) in [5.41, 5.74) is 2.29. The number of carbonyl (C=O) groups excluding carboxylic acids is 2. The lowest BCUT2D eigenvalue weighted by Crippen LogP contribution is -2.45. The number of aromatic nitrogens is 1. The van der Waals surface area contributed by atoms with Crippen LogP contribution in [0.1, 0.15) is 21.7 Å². The number of carbonyl (C=O) groups is 2. The highest BCUT2D eigenvalue weighted by Gasteiger charge is 2.24. The highest BCUT2D eigenvalue weighted by atomic mass is 16.5. The number of esters is 1. The van der Waals surface area contributed by atoms with E-state index in [1.54, 1.807) is 10.7 Å². The molecule has 0 spiro atoms. The summed E-state index contributed by atoms with van der Waals surface area (Å²) in [4.78, 5) is 25.2. The normalized spacial score (nSPS) is 10.7. The average Bonchev–Trinajstić information content (AvgIpc) is 2.97. The van der Waals surface area contributed by atoms with Gasteiger partial charge in [0.2, 0.25) is 0 Å². The molecule has 1 aromatic heterocycles. The Bertz CT molecular complexity index is 918. The van der Waals surface area contributed by atoms with Gasteiger partial charge in [-0.2, -0.15) is 0 Å². The Hall–Kier alpha value is -3.08. The zero-order chi connectivity index (χ0) is 18.0. The molecule has 0 N–H and O–H groups in total.